The molecule has 0 radical (unpaired) electrons. The van der Waals surface area contributed by atoms with E-state index < -0.39 is 11.7 Å². The van der Waals surface area contributed by atoms with Gasteiger partial charge in [0.05, 0.1) is 23.6 Å². The van der Waals surface area contributed by atoms with Crippen molar-refractivity contribution in [3.63, 3.8) is 0 Å². The number of allylic oxidation sites excluding steroid dienone is 1. The SMILES string of the molecule is COc1ccc(C(=O)Nc2cccc(/C=C3\CCn4c3nc3cc(C(F)(F)F)ccc3c4=O)c2)cc1. The molecule has 1 aliphatic heterocycles. The van der Waals surface area contributed by atoms with Crippen LogP contribution in [0.4, 0.5) is 18.9 Å². The smallest absolute Gasteiger partial charge is 0.416 e. The van der Waals surface area contributed by atoms with E-state index in [0.29, 0.717) is 35.8 Å². The van der Waals surface area contributed by atoms with Crippen LogP contribution in [0.15, 0.2) is 71.5 Å². The number of carbonyl (C=O) groups excluding carboxylic acids is 1. The summed E-state index contributed by atoms with van der Waals surface area (Å²) in [7, 11) is 1.55. The Kier molecular flexibility index (Phi) is 5.83. The maximum atomic E-state index is 13.2. The molecule has 0 bridgehead atoms. The van der Waals surface area contributed by atoms with Crippen molar-refractivity contribution in [3.8, 4) is 5.75 Å². The molecule has 5 rings (SSSR count). The fraction of sp³-hybridized carbons (Fsp3) is 0.148. The fourth-order valence-electron chi connectivity index (χ4n) is 4.18. The molecule has 36 heavy (non-hydrogen) atoms. The third-order valence-electron chi connectivity index (χ3n) is 6.01. The zero-order valence-electron chi connectivity index (χ0n) is 19.1. The summed E-state index contributed by atoms with van der Waals surface area (Å²) in [5, 5.41) is 3.00. The molecule has 182 valence electrons. The van der Waals surface area contributed by atoms with E-state index in [1.165, 1.54) is 10.6 Å². The van der Waals surface area contributed by atoms with E-state index in [1.807, 2.05) is 12.1 Å². The molecular formula is C27H20F3N3O3. The molecule has 0 saturated carbocycles. The molecule has 6 nitrogen and oxygen atoms in total. The lowest BCUT2D eigenvalue weighted by atomic mass is 10.1. The first kappa shape index (κ1) is 23.3. The van der Waals surface area contributed by atoms with Crippen molar-refractivity contribution >= 4 is 34.1 Å². The molecule has 0 atom stereocenters. The van der Waals surface area contributed by atoms with Crippen molar-refractivity contribution in [2.24, 2.45) is 0 Å². The lowest BCUT2D eigenvalue weighted by molar-refractivity contribution is -0.137. The van der Waals surface area contributed by atoms with Crippen LogP contribution in [-0.4, -0.2) is 22.6 Å². The molecular weight excluding hydrogens is 471 g/mol. The van der Waals surface area contributed by atoms with Gasteiger partial charge in [0.1, 0.15) is 11.6 Å². The van der Waals surface area contributed by atoms with Gasteiger partial charge in [0.15, 0.2) is 0 Å². The van der Waals surface area contributed by atoms with E-state index in [9.17, 15) is 22.8 Å². The van der Waals surface area contributed by atoms with E-state index in [4.69, 9.17) is 4.74 Å². The Morgan fingerprint density at radius 3 is 2.58 bits per heavy atom. The predicted octanol–water partition coefficient (Wildman–Crippen LogP) is 5.62. The van der Waals surface area contributed by atoms with E-state index >= 15 is 0 Å². The highest BCUT2D eigenvalue weighted by Gasteiger charge is 2.31. The van der Waals surface area contributed by atoms with Crippen LogP contribution in [-0.2, 0) is 12.7 Å². The quantitative estimate of drug-likeness (QED) is 0.402. The zero-order valence-corrected chi connectivity index (χ0v) is 19.1. The van der Waals surface area contributed by atoms with Crippen molar-refractivity contribution in [3.05, 3.63) is 99.6 Å². The van der Waals surface area contributed by atoms with E-state index in [1.54, 1.807) is 49.6 Å². The summed E-state index contributed by atoms with van der Waals surface area (Å²) in [6.45, 7) is 0.387. The van der Waals surface area contributed by atoms with Gasteiger partial charge in [0.25, 0.3) is 11.5 Å². The van der Waals surface area contributed by atoms with Crippen molar-refractivity contribution in [2.75, 3.05) is 12.4 Å². The normalized spacial score (nSPS) is 14.2. The number of anilines is 1. The Hall–Kier alpha value is -4.40. The van der Waals surface area contributed by atoms with Crippen molar-refractivity contribution < 1.29 is 22.7 Å². The Morgan fingerprint density at radius 1 is 1.08 bits per heavy atom. The Morgan fingerprint density at radius 2 is 1.86 bits per heavy atom. The second-order valence-electron chi connectivity index (χ2n) is 8.35. The molecule has 1 aliphatic rings. The number of carbonyl (C=O) groups is 1. The molecule has 0 saturated heterocycles. The maximum Gasteiger partial charge on any atom is 0.416 e. The lowest BCUT2D eigenvalue weighted by Gasteiger charge is -2.10. The fourth-order valence-corrected chi connectivity index (χ4v) is 4.18. The number of rotatable bonds is 4. The zero-order chi connectivity index (χ0) is 25.4. The van der Waals surface area contributed by atoms with Gasteiger partial charge in [-0.2, -0.15) is 13.2 Å². The van der Waals surface area contributed by atoms with Crippen LogP contribution in [0, 0.1) is 0 Å². The highest BCUT2D eigenvalue weighted by Crippen LogP contribution is 2.32. The molecule has 2 heterocycles. The molecule has 4 aromatic rings. The highest BCUT2D eigenvalue weighted by atomic mass is 19.4. The van der Waals surface area contributed by atoms with E-state index in [0.717, 1.165) is 23.3 Å². The van der Waals surface area contributed by atoms with Crippen molar-refractivity contribution in [1.82, 2.24) is 9.55 Å². The van der Waals surface area contributed by atoms with Crippen LogP contribution in [0.25, 0.3) is 22.6 Å². The number of alkyl halides is 3. The topological polar surface area (TPSA) is 73.2 Å². The molecule has 1 amide bonds. The number of hydrogen-bond donors (Lipinski definition) is 1. The number of nitrogens with one attached hydrogen (secondary N) is 1. The molecule has 1 N–H and O–H groups in total. The number of benzene rings is 3. The van der Waals surface area contributed by atoms with Gasteiger partial charge >= 0.3 is 6.18 Å². The van der Waals surface area contributed by atoms with Crippen LogP contribution < -0.4 is 15.6 Å². The second kappa shape index (κ2) is 8.99. The number of aromatic nitrogens is 2. The minimum absolute atomic E-state index is 0.00869. The number of amides is 1. The van der Waals surface area contributed by atoms with E-state index in [-0.39, 0.29) is 22.4 Å². The lowest BCUT2D eigenvalue weighted by Crippen LogP contribution is -2.21. The van der Waals surface area contributed by atoms with Crippen LogP contribution in [0.3, 0.4) is 0 Å². The average molecular weight is 491 g/mol. The first-order valence-corrected chi connectivity index (χ1v) is 11.1. The summed E-state index contributed by atoms with van der Waals surface area (Å²) in [5.74, 6) is 0.709. The predicted molar refractivity (Wildman–Crippen MR) is 131 cm³/mol. The minimum Gasteiger partial charge on any atom is -0.497 e. The number of nitrogens with zero attached hydrogens (tertiary/aromatic N) is 2. The number of methoxy groups -OCH3 is 1. The average Bonchev–Trinajstić information content (AvgIpc) is 3.26. The van der Waals surface area contributed by atoms with Crippen LogP contribution >= 0.6 is 0 Å². The molecule has 0 unspecified atom stereocenters. The summed E-state index contributed by atoms with van der Waals surface area (Å²) in [5.41, 5.74) is 1.31. The van der Waals surface area contributed by atoms with Crippen LogP contribution in [0.2, 0.25) is 0 Å². The minimum atomic E-state index is -4.53. The van der Waals surface area contributed by atoms with Crippen molar-refractivity contribution in [1.29, 1.82) is 0 Å². The van der Waals surface area contributed by atoms with Gasteiger partial charge in [0, 0.05) is 17.8 Å². The molecule has 0 spiro atoms. The summed E-state index contributed by atoms with van der Waals surface area (Å²) < 4.78 is 46.1. The summed E-state index contributed by atoms with van der Waals surface area (Å²) in [6.07, 6.45) is -2.19. The molecule has 9 heteroatoms. The first-order chi connectivity index (χ1) is 17.2. The number of hydrogen-bond acceptors (Lipinski definition) is 4. The summed E-state index contributed by atoms with van der Waals surface area (Å²) in [6, 6.07) is 16.8. The Labute approximate surface area is 203 Å². The maximum absolute atomic E-state index is 13.2. The monoisotopic (exact) mass is 491 g/mol. The van der Waals surface area contributed by atoms with Gasteiger partial charge in [-0.05, 0) is 78.2 Å². The molecule has 0 aliphatic carbocycles. The molecule has 1 aromatic heterocycles. The third-order valence-corrected chi connectivity index (χ3v) is 6.01. The summed E-state index contributed by atoms with van der Waals surface area (Å²) >= 11 is 0. The van der Waals surface area contributed by atoms with Crippen molar-refractivity contribution in [2.45, 2.75) is 19.1 Å². The van der Waals surface area contributed by atoms with Gasteiger partial charge in [0.2, 0.25) is 0 Å². The Balaban J connectivity index is 1.45. The van der Waals surface area contributed by atoms with Gasteiger partial charge in [-0.25, -0.2) is 4.98 Å². The highest BCUT2D eigenvalue weighted by molar-refractivity contribution is 6.04. The number of ether oxygens (including phenoxy) is 1. The van der Waals surface area contributed by atoms with Crippen LogP contribution in [0.5, 0.6) is 5.75 Å². The van der Waals surface area contributed by atoms with Gasteiger partial charge in [-0.15, -0.1) is 0 Å². The number of fused-ring (bicyclic) bond motifs is 2. The van der Waals surface area contributed by atoms with Gasteiger partial charge < -0.3 is 10.1 Å². The molecule has 3 aromatic carbocycles. The van der Waals surface area contributed by atoms with E-state index in [2.05, 4.69) is 10.3 Å². The standard InChI is InChI=1S/C27H20F3N3O3/c1-36-21-8-5-17(6-9-21)25(34)31-20-4-2-3-16(14-20)13-18-11-12-33-24(18)32-23-15-19(27(28,29)30)7-10-22(23)26(33)35/h2-10,13-15H,11-12H2,1H3,(H,31,34)/b18-13+. The first-order valence-electron chi connectivity index (χ1n) is 11.1. The largest absolute Gasteiger partial charge is 0.497 e. The van der Waals surface area contributed by atoms with Gasteiger partial charge in [-0.1, -0.05) is 12.1 Å². The van der Waals surface area contributed by atoms with Gasteiger partial charge in [-0.3, -0.25) is 14.2 Å². The summed E-state index contributed by atoms with van der Waals surface area (Å²) in [4.78, 5) is 29.9. The van der Waals surface area contributed by atoms with Crippen LogP contribution in [0.1, 0.15) is 33.7 Å². The number of halogens is 3. The second-order valence-corrected chi connectivity index (χ2v) is 8.35. The Bertz CT molecular complexity index is 1570. The third kappa shape index (κ3) is 4.47. The molecule has 0 fully saturated rings.